The van der Waals surface area contributed by atoms with Crippen molar-refractivity contribution in [2.75, 3.05) is 31.2 Å². The van der Waals surface area contributed by atoms with Crippen molar-refractivity contribution >= 4 is 17.7 Å². The third kappa shape index (κ3) is 5.48. The number of amides is 2. The second kappa shape index (κ2) is 10.1. The highest BCUT2D eigenvalue weighted by Gasteiger charge is 2.32. The summed E-state index contributed by atoms with van der Waals surface area (Å²) in [5.41, 5.74) is 2.83. The molecular weight excluding hydrogens is 358 g/mol. The van der Waals surface area contributed by atoms with Crippen molar-refractivity contribution in [1.82, 2.24) is 10.6 Å². The number of carbonyl (C=O) groups is 2. The first-order valence-electron chi connectivity index (χ1n) is 9.79. The largest absolute Gasteiger partial charge is 0.460 e. The van der Waals surface area contributed by atoms with Crippen LogP contribution >= 0.6 is 0 Å². The summed E-state index contributed by atoms with van der Waals surface area (Å²) in [6.07, 6.45) is 0.0763. The predicted octanol–water partition coefficient (Wildman–Crippen LogP) is 3.13. The number of allylic oxidation sites excluding steroid dienone is 1. The molecular formula is C21H31N3O4. The van der Waals surface area contributed by atoms with Crippen LogP contribution in [0.4, 0.5) is 10.5 Å². The van der Waals surface area contributed by atoms with E-state index < -0.39 is 12.0 Å². The van der Waals surface area contributed by atoms with E-state index in [1.807, 2.05) is 38.1 Å². The number of anilines is 1. The summed E-state index contributed by atoms with van der Waals surface area (Å²) in [5.74, 6) is -0.463. The minimum Gasteiger partial charge on any atom is -0.460 e. The number of urea groups is 1. The molecule has 0 aromatic heterocycles. The van der Waals surface area contributed by atoms with Crippen molar-refractivity contribution in [3.05, 3.63) is 41.1 Å². The average molecular weight is 389 g/mol. The van der Waals surface area contributed by atoms with E-state index in [1.54, 1.807) is 6.92 Å². The van der Waals surface area contributed by atoms with Crippen LogP contribution in [0.3, 0.4) is 0 Å². The first-order chi connectivity index (χ1) is 13.4. The van der Waals surface area contributed by atoms with Gasteiger partial charge < -0.3 is 25.0 Å². The monoisotopic (exact) mass is 389 g/mol. The standard InChI is InChI=1S/C21H31N3O4/c1-6-24(7-2)17-10-8-16(9-11-17)19-18(15(5)22-21(26)23-19)20(25)28-13-12-27-14(3)4/h8-11,14,19H,6-7,12-13H2,1-5H3,(H2,22,23,26)/t19-/m0/s1. The Morgan fingerprint density at radius 3 is 2.36 bits per heavy atom. The fourth-order valence-electron chi connectivity index (χ4n) is 3.18. The Bertz CT molecular complexity index is 709. The Hall–Kier alpha value is -2.54. The second-order valence-electron chi connectivity index (χ2n) is 6.89. The molecule has 28 heavy (non-hydrogen) atoms. The summed E-state index contributed by atoms with van der Waals surface area (Å²) in [5, 5.41) is 5.48. The number of hydrogen-bond donors (Lipinski definition) is 2. The molecule has 0 radical (unpaired) electrons. The molecule has 2 N–H and O–H groups in total. The molecule has 0 aliphatic carbocycles. The normalized spacial score (nSPS) is 16.6. The molecule has 7 nitrogen and oxygen atoms in total. The van der Waals surface area contributed by atoms with Crippen LogP contribution in [-0.2, 0) is 14.3 Å². The molecule has 1 aliphatic rings. The van der Waals surface area contributed by atoms with Gasteiger partial charge in [-0.25, -0.2) is 9.59 Å². The first-order valence-corrected chi connectivity index (χ1v) is 9.79. The van der Waals surface area contributed by atoms with E-state index in [-0.39, 0.29) is 18.7 Å². The highest BCUT2D eigenvalue weighted by Crippen LogP contribution is 2.29. The SMILES string of the molecule is CCN(CC)c1ccc([C@@H]2NC(=O)NC(C)=C2C(=O)OCCOC(C)C)cc1. The minimum atomic E-state index is -0.557. The van der Waals surface area contributed by atoms with Crippen LogP contribution in [-0.4, -0.2) is 44.4 Å². The molecule has 1 aromatic rings. The van der Waals surface area contributed by atoms with Gasteiger partial charge in [-0.3, -0.25) is 0 Å². The smallest absolute Gasteiger partial charge is 0.338 e. The van der Waals surface area contributed by atoms with Gasteiger partial charge in [0, 0.05) is 24.5 Å². The van der Waals surface area contributed by atoms with E-state index in [0.717, 1.165) is 24.3 Å². The van der Waals surface area contributed by atoms with Crippen molar-refractivity contribution in [2.24, 2.45) is 0 Å². The van der Waals surface area contributed by atoms with Gasteiger partial charge in [0.05, 0.1) is 24.3 Å². The predicted molar refractivity (Wildman–Crippen MR) is 109 cm³/mol. The zero-order valence-electron chi connectivity index (χ0n) is 17.4. The Labute approximate surface area is 167 Å². The number of ether oxygens (including phenoxy) is 2. The summed E-state index contributed by atoms with van der Waals surface area (Å²) in [4.78, 5) is 26.9. The molecule has 0 bridgehead atoms. The summed E-state index contributed by atoms with van der Waals surface area (Å²) < 4.78 is 10.8. The molecule has 0 fully saturated rings. The molecule has 0 saturated heterocycles. The Morgan fingerprint density at radius 1 is 1.14 bits per heavy atom. The van der Waals surface area contributed by atoms with Crippen molar-refractivity contribution in [2.45, 2.75) is 46.8 Å². The molecule has 0 unspecified atom stereocenters. The summed E-state index contributed by atoms with van der Waals surface area (Å²) in [6, 6.07) is 6.99. The van der Waals surface area contributed by atoms with E-state index in [4.69, 9.17) is 9.47 Å². The maximum absolute atomic E-state index is 12.7. The molecule has 1 atom stereocenters. The third-order valence-corrected chi connectivity index (χ3v) is 4.61. The first kappa shape index (κ1) is 21.8. The van der Waals surface area contributed by atoms with Crippen molar-refractivity contribution < 1.29 is 19.1 Å². The van der Waals surface area contributed by atoms with Crippen molar-refractivity contribution in [1.29, 1.82) is 0 Å². The van der Waals surface area contributed by atoms with E-state index in [1.165, 1.54) is 0 Å². The van der Waals surface area contributed by atoms with Gasteiger partial charge >= 0.3 is 12.0 Å². The van der Waals surface area contributed by atoms with Crippen LogP contribution in [0.25, 0.3) is 0 Å². The van der Waals surface area contributed by atoms with Gasteiger partial charge in [0.15, 0.2) is 0 Å². The highest BCUT2D eigenvalue weighted by molar-refractivity contribution is 5.95. The maximum atomic E-state index is 12.7. The van der Waals surface area contributed by atoms with E-state index >= 15 is 0 Å². The van der Waals surface area contributed by atoms with E-state index in [2.05, 4.69) is 29.4 Å². The van der Waals surface area contributed by atoms with Gasteiger partial charge in [-0.05, 0) is 52.3 Å². The Kier molecular flexibility index (Phi) is 7.87. The minimum absolute atomic E-state index is 0.0763. The third-order valence-electron chi connectivity index (χ3n) is 4.61. The molecule has 1 aliphatic heterocycles. The topological polar surface area (TPSA) is 79.9 Å². The number of hydrogen-bond acceptors (Lipinski definition) is 5. The van der Waals surface area contributed by atoms with E-state index in [0.29, 0.717) is 17.9 Å². The molecule has 2 amide bonds. The van der Waals surface area contributed by atoms with Crippen LogP contribution in [0.15, 0.2) is 35.5 Å². The van der Waals surface area contributed by atoms with Gasteiger partial charge in [-0.2, -0.15) is 0 Å². The van der Waals surface area contributed by atoms with Crippen LogP contribution < -0.4 is 15.5 Å². The van der Waals surface area contributed by atoms with Gasteiger partial charge in [-0.15, -0.1) is 0 Å². The lowest BCUT2D eigenvalue weighted by Gasteiger charge is -2.29. The van der Waals surface area contributed by atoms with Crippen LogP contribution in [0, 0.1) is 0 Å². The lowest BCUT2D eigenvalue weighted by molar-refractivity contribution is -0.141. The number of benzene rings is 1. The van der Waals surface area contributed by atoms with Gasteiger partial charge in [0.25, 0.3) is 0 Å². The number of carbonyl (C=O) groups excluding carboxylic acids is 2. The van der Waals surface area contributed by atoms with Crippen LogP contribution in [0.2, 0.25) is 0 Å². The lowest BCUT2D eigenvalue weighted by atomic mass is 9.95. The maximum Gasteiger partial charge on any atom is 0.338 e. The van der Waals surface area contributed by atoms with Crippen molar-refractivity contribution in [3.8, 4) is 0 Å². The molecule has 7 heteroatoms. The zero-order chi connectivity index (χ0) is 20.7. The highest BCUT2D eigenvalue weighted by atomic mass is 16.6. The summed E-state index contributed by atoms with van der Waals surface area (Å²) >= 11 is 0. The fourth-order valence-corrected chi connectivity index (χ4v) is 3.18. The molecule has 154 valence electrons. The number of esters is 1. The summed E-state index contributed by atoms with van der Waals surface area (Å²) in [7, 11) is 0. The number of nitrogens with one attached hydrogen (secondary N) is 2. The second-order valence-corrected chi connectivity index (χ2v) is 6.89. The molecule has 0 saturated carbocycles. The average Bonchev–Trinajstić information content (AvgIpc) is 2.66. The van der Waals surface area contributed by atoms with Crippen LogP contribution in [0.5, 0.6) is 0 Å². The van der Waals surface area contributed by atoms with Gasteiger partial charge in [0.1, 0.15) is 6.61 Å². The molecule has 1 aromatic carbocycles. The van der Waals surface area contributed by atoms with Gasteiger partial charge in [-0.1, -0.05) is 12.1 Å². The van der Waals surface area contributed by atoms with E-state index in [9.17, 15) is 9.59 Å². The molecule has 0 spiro atoms. The Morgan fingerprint density at radius 2 is 1.79 bits per heavy atom. The van der Waals surface area contributed by atoms with Crippen molar-refractivity contribution in [3.63, 3.8) is 0 Å². The molecule has 2 rings (SSSR count). The zero-order valence-corrected chi connectivity index (χ0v) is 17.4. The lowest BCUT2D eigenvalue weighted by Crippen LogP contribution is -2.45. The quantitative estimate of drug-likeness (QED) is 0.501. The van der Waals surface area contributed by atoms with Gasteiger partial charge in [0.2, 0.25) is 0 Å². The Balaban J connectivity index is 2.19. The summed E-state index contributed by atoms with van der Waals surface area (Å²) in [6.45, 7) is 12.1. The van der Waals surface area contributed by atoms with Crippen LogP contribution in [0.1, 0.15) is 46.2 Å². The fraction of sp³-hybridized carbons (Fsp3) is 0.524. The number of nitrogens with zero attached hydrogens (tertiary/aromatic N) is 1. The number of rotatable bonds is 9. The molecule has 1 heterocycles.